The molecule has 1 saturated heterocycles. The molecule has 9 heteroatoms. The summed E-state index contributed by atoms with van der Waals surface area (Å²) in [6.45, 7) is 4.71. The van der Waals surface area contributed by atoms with E-state index in [-0.39, 0.29) is 18.8 Å². The van der Waals surface area contributed by atoms with Gasteiger partial charge in [-0.1, -0.05) is 75.0 Å². The molecule has 0 radical (unpaired) electrons. The third kappa shape index (κ3) is 6.03. The highest BCUT2D eigenvalue weighted by Gasteiger charge is 2.33. The van der Waals surface area contributed by atoms with Crippen LogP contribution in [0.25, 0.3) is 6.08 Å². The molecule has 6 nitrogen and oxygen atoms in total. The van der Waals surface area contributed by atoms with Crippen molar-refractivity contribution in [3.8, 4) is 11.5 Å². The van der Waals surface area contributed by atoms with Crippen molar-refractivity contribution in [1.29, 1.82) is 0 Å². The monoisotopic (exact) mass is 588 g/mol. The number of imide groups is 1. The van der Waals surface area contributed by atoms with Gasteiger partial charge in [0, 0.05) is 4.47 Å². The van der Waals surface area contributed by atoms with Crippen LogP contribution >= 0.6 is 39.1 Å². The zero-order chi connectivity index (χ0) is 25.8. The number of rotatable bonds is 8. The topological polar surface area (TPSA) is 67.9 Å². The maximum atomic E-state index is 13.0. The Bertz CT molecular complexity index is 1340. The first kappa shape index (κ1) is 26.1. The number of aryl methyl sites for hydroxylation is 1. The van der Waals surface area contributed by atoms with Crippen molar-refractivity contribution in [3.63, 3.8) is 0 Å². The van der Waals surface area contributed by atoms with E-state index >= 15 is 0 Å². The summed E-state index contributed by atoms with van der Waals surface area (Å²) < 4.78 is 12.4. The van der Waals surface area contributed by atoms with Crippen LogP contribution in [0, 0.1) is 6.92 Å². The highest BCUT2D eigenvalue weighted by molar-refractivity contribution is 9.10. The van der Waals surface area contributed by atoms with E-state index < -0.39 is 11.9 Å². The van der Waals surface area contributed by atoms with Crippen LogP contribution < -0.4 is 14.8 Å². The lowest BCUT2D eigenvalue weighted by Crippen LogP contribution is -2.30. The SMILES string of the molecule is CCOc1cc(/C=C2/NC(=O)N(Cc3ccc(C)cc3)C2=O)c(Br)cc1OCc1ccc(Cl)c(Cl)c1. The molecule has 3 amide bonds. The second kappa shape index (κ2) is 11.4. The molecular formula is C27H23BrCl2N2O4. The highest BCUT2D eigenvalue weighted by Crippen LogP contribution is 2.36. The quantitative estimate of drug-likeness (QED) is 0.224. The average molecular weight is 590 g/mol. The highest BCUT2D eigenvalue weighted by atomic mass is 79.9. The first-order chi connectivity index (χ1) is 17.2. The van der Waals surface area contributed by atoms with Crippen molar-refractivity contribution in [3.05, 3.63) is 97.1 Å². The number of benzene rings is 3. The van der Waals surface area contributed by atoms with Gasteiger partial charge in [0.05, 0.1) is 23.2 Å². The Morgan fingerprint density at radius 3 is 2.33 bits per heavy atom. The number of halogens is 3. The van der Waals surface area contributed by atoms with Crippen LogP contribution in [0.4, 0.5) is 4.79 Å². The standard InChI is InChI=1S/C27H23BrCl2N2O4/c1-3-35-24-12-19(20(28)13-25(24)36-15-18-8-9-21(29)22(30)10-18)11-23-26(33)32(27(34)31-23)14-17-6-4-16(2)5-7-17/h4-13H,3,14-15H2,1-2H3,(H,31,34)/b23-11+. The van der Waals surface area contributed by atoms with Crippen LogP contribution in [-0.2, 0) is 17.9 Å². The minimum Gasteiger partial charge on any atom is -0.490 e. The molecule has 0 aliphatic carbocycles. The number of carbonyl (C=O) groups excluding carboxylic acids is 2. The molecule has 1 aliphatic rings. The van der Waals surface area contributed by atoms with Crippen LogP contribution in [0.3, 0.4) is 0 Å². The Morgan fingerprint density at radius 1 is 0.944 bits per heavy atom. The minimum atomic E-state index is -0.463. The van der Waals surface area contributed by atoms with Gasteiger partial charge in [-0.15, -0.1) is 0 Å². The Balaban J connectivity index is 1.55. The second-order valence-corrected chi connectivity index (χ2v) is 9.82. The van der Waals surface area contributed by atoms with Crippen LogP contribution in [0.1, 0.15) is 29.2 Å². The van der Waals surface area contributed by atoms with Crippen molar-refractivity contribution in [2.75, 3.05) is 6.61 Å². The molecule has 1 fully saturated rings. The molecule has 186 valence electrons. The van der Waals surface area contributed by atoms with Crippen molar-refractivity contribution in [2.45, 2.75) is 27.0 Å². The molecule has 0 saturated carbocycles. The van der Waals surface area contributed by atoms with E-state index in [0.29, 0.717) is 38.2 Å². The fraction of sp³-hybridized carbons (Fsp3) is 0.185. The van der Waals surface area contributed by atoms with Gasteiger partial charge in [0.25, 0.3) is 5.91 Å². The first-order valence-electron chi connectivity index (χ1n) is 11.2. The molecule has 0 aromatic heterocycles. The van der Waals surface area contributed by atoms with Gasteiger partial charge < -0.3 is 14.8 Å². The normalized spacial score (nSPS) is 14.4. The molecule has 1 N–H and O–H groups in total. The van der Waals surface area contributed by atoms with E-state index in [1.165, 1.54) is 4.90 Å². The fourth-order valence-corrected chi connectivity index (χ4v) is 4.34. The third-order valence-electron chi connectivity index (χ3n) is 5.46. The molecule has 0 unspecified atom stereocenters. The number of urea groups is 1. The van der Waals surface area contributed by atoms with Crippen LogP contribution in [0.5, 0.6) is 11.5 Å². The maximum absolute atomic E-state index is 13.0. The van der Waals surface area contributed by atoms with Crippen LogP contribution in [0.15, 0.2) is 64.8 Å². The van der Waals surface area contributed by atoms with Crippen molar-refractivity contribution < 1.29 is 19.1 Å². The molecular weight excluding hydrogens is 567 g/mol. The van der Waals surface area contributed by atoms with Crippen LogP contribution in [-0.4, -0.2) is 23.4 Å². The Hall–Kier alpha value is -3.00. The molecule has 0 atom stereocenters. The number of nitrogens with zero attached hydrogens (tertiary/aromatic N) is 1. The van der Waals surface area contributed by atoms with Crippen molar-refractivity contribution in [1.82, 2.24) is 10.2 Å². The van der Waals surface area contributed by atoms with Crippen LogP contribution in [0.2, 0.25) is 10.0 Å². The second-order valence-electron chi connectivity index (χ2n) is 8.16. The lowest BCUT2D eigenvalue weighted by atomic mass is 10.1. The zero-order valence-electron chi connectivity index (χ0n) is 19.6. The number of nitrogens with one attached hydrogen (secondary N) is 1. The van der Waals surface area contributed by atoms with Gasteiger partial charge in [-0.05, 0) is 60.9 Å². The lowest BCUT2D eigenvalue weighted by molar-refractivity contribution is -0.123. The van der Waals surface area contributed by atoms with E-state index in [0.717, 1.165) is 16.7 Å². The zero-order valence-corrected chi connectivity index (χ0v) is 22.7. The van der Waals surface area contributed by atoms with E-state index in [1.807, 2.05) is 44.2 Å². The van der Waals surface area contributed by atoms with Gasteiger partial charge in [-0.3, -0.25) is 9.69 Å². The Kier molecular flexibility index (Phi) is 8.24. The molecule has 3 aromatic carbocycles. The van der Waals surface area contributed by atoms with Crippen molar-refractivity contribution in [2.24, 2.45) is 0 Å². The molecule has 1 aliphatic heterocycles. The molecule has 3 aromatic rings. The number of ether oxygens (including phenoxy) is 2. The van der Waals surface area contributed by atoms with Gasteiger partial charge in [-0.2, -0.15) is 0 Å². The molecule has 4 rings (SSSR count). The van der Waals surface area contributed by atoms with Gasteiger partial charge in [-0.25, -0.2) is 4.79 Å². The maximum Gasteiger partial charge on any atom is 0.329 e. The molecule has 0 spiro atoms. The summed E-state index contributed by atoms with van der Waals surface area (Å²) in [5.41, 5.74) is 3.66. The predicted octanol–water partition coefficient (Wildman–Crippen LogP) is 7.13. The summed E-state index contributed by atoms with van der Waals surface area (Å²) in [5, 5.41) is 3.59. The summed E-state index contributed by atoms with van der Waals surface area (Å²) in [6.07, 6.45) is 1.62. The average Bonchev–Trinajstić information content (AvgIpc) is 3.11. The Labute approximate surface area is 227 Å². The smallest absolute Gasteiger partial charge is 0.329 e. The summed E-state index contributed by atoms with van der Waals surface area (Å²) in [5.74, 6) is 0.617. The van der Waals surface area contributed by atoms with Gasteiger partial charge in [0.1, 0.15) is 12.3 Å². The third-order valence-corrected chi connectivity index (χ3v) is 6.89. The summed E-state index contributed by atoms with van der Waals surface area (Å²) in [7, 11) is 0. The largest absolute Gasteiger partial charge is 0.490 e. The van der Waals surface area contributed by atoms with Gasteiger partial charge in [0.15, 0.2) is 11.5 Å². The van der Waals surface area contributed by atoms with E-state index in [2.05, 4.69) is 21.2 Å². The first-order valence-corrected chi connectivity index (χ1v) is 12.7. The van der Waals surface area contributed by atoms with E-state index in [1.54, 1.807) is 30.3 Å². The minimum absolute atomic E-state index is 0.180. The van der Waals surface area contributed by atoms with E-state index in [9.17, 15) is 9.59 Å². The number of hydrogen-bond donors (Lipinski definition) is 1. The van der Waals surface area contributed by atoms with Gasteiger partial charge >= 0.3 is 6.03 Å². The summed E-state index contributed by atoms with van der Waals surface area (Å²) >= 11 is 15.6. The van der Waals surface area contributed by atoms with Crippen molar-refractivity contribution >= 4 is 57.1 Å². The van der Waals surface area contributed by atoms with Gasteiger partial charge in [0.2, 0.25) is 0 Å². The number of amides is 3. The molecule has 36 heavy (non-hydrogen) atoms. The number of hydrogen-bond acceptors (Lipinski definition) is 4. The fourth-order valence-electron chi connectivity index (χ4n) is 3.58. The summed E-state index contributed by atoms with van der Waals surface area (Å²) in [6, 6.07) is 16.0. The predicted molar refractivity (Wildman–Crippen MR) is 144 cm³/mol. The molecule has 1 heterocycles. The Morgan fingerprint density at radius 2 is 1.64 bits per heavy atom. The number of carbonyl (C=O) groups is 2. The molecule has 0 bridgehead atoms. The summed E-state index contributed by atoms with van der Waals surface area (Å²) in [4.78, 5) is 26.7. The van der Waals surface area contributed by atoms with E-state index in [4.69, 9.17) is 32.7 Å². The lowest BCUT2D eigenvalue weighted by Gasteiger charge is -2.14.